The number of nitrogens with one attached hydrogen (secondary N) is 2. The Morgan fingerprint density at radius 1 is 1.64 bits per heavy atom. The molecule has 5 nitrogen and oxygen atoms in total. The predicted octanol–water partition coefficient (Wildman–Crippen LogP) is 0.217. The van der Waals surface area contributed by atoms with Gasteiger partial charge in [0.2, 0.25) is 0 Å². The first-order chi connectivity index (χ1) is 6.90. The molecule has 0 aromatic carbocycles. The highest BCUT2D eigenvalue weighted by atomic mass is 16.6. The van der Waals surface area contributed by atoms with Crippen molar-refractivity contribution in [3.8, 4) is 0 Å². The Morgan fingerprint density at radius 2 is 2.57 bits per heavy atom. The van der Waals surface area contributed by atoms with Crippen molar-refractivity contribution in [2.75, 3.05) is 26.9 Å². The molecule has 0 saturated carbocycles. The Balaban J connectivity index is 2.00. The van der Waals surface area contributed by atoms with Gasteiger partial charge in [-0.15, -0.1) is 0 Å². The van der Waals surface area contributed by atoms with Gasteiger partial charge in [0.05, 0.1) is 19.8 Å². The molecule has 1 unspecified atom stereocenters. The number of H-pyrrole nitrogens is 1. The Bertz CT molecular complexity index is 281. The van der Waals surface area contributed by atoms with Crippen LogP contribution in [0.1, 0.15) is 17.6 Å². The van der Waals surface area contributed by atoms with Gasteiger partial charge in [0.25, 0.3) is 0 Å². The Hall–Kier alpha value is -0.910. The van der Waals surface area contributed by atoms with Gasteiger partial charge < -0.3 is 19.8 Å². The molecule has 2 N–H and O–H groups in total. The summed E-state index contributed by atoms with van der Waals surface area (Å²) in [6, 6.07) is 0. The van der Waals surface area contributed by atoms with E-state index in [0.29, 0.717) is 19.8 Å². The molecule has 14 heavy (non-hydrogen) atoms. The smallest absolute Gasteiger partial charge is 0.138 e. The number of hydrogen-bond acceptors (Lipinski definition) is 4. The third-order valence-electron chi connectivity index (χ3n) is 2.14. The summed E-state index contributed by atoms with van der Waals surface area (Å²) in [5, 5.41) is 3.06. The van der Waals surface area contributed by atoms with E-state index < -0.39 is 0 Å². The first-order valence-corrected chi connectivity index (χ1v) is 4.78. The van der Waals surface area contributed by atoms with E-state index in [1.165, 1.54) is 0 Å². The molecule has 1 fully saturated rings. The second-order valence-corrected chi connectivity index (χ2v) is 3.26. The largest absolute Gasteiger partial charge is 0.376 e. The summed E-state index contributed by atoms with van der Waals surface area (Å²) < 4.78 is 10.8. The molecule has 0 radical (unpaired) electrons. The molecule has 2 heterocycles. The van der Waals surface area contributed by atoms with Crippen LogP contribution >= 0.6 is 0 Å². The van der Waals surface area contributed by atoms with E-state index in [2.05, 4.69) is 15.3 Å². The first-order valence-electron chi connectivity index (χ1n) is 4.78. The van der Waals surface area contributed by atoms with Crippen LogP contribution in [0.25, 0.3) is 0 Å². The van der Waals surface area contributed by atoms with Crippen molar-refractivity contribution in [2.24, 2.45) is 0 Å². The Morgan fingerprint density at radius 3 is 3.29 bits per heavy atom. The van der Waals surface area contributed by atoms with Gasteiger partial charge in [-0.1, -0.05) is 0 Å². The molecule has 1 aliphatic heterocycles. The van der Waals surface area contributed by atoms with Gasteiger partial charge >= 0.3 is 0 Å². The van der Waals surface area contributed by atoms with Crippen molar-refractivity contribution in [1.82, 2.24) is 15.3 Å². The fourth-order valence-electron chi connectivity index (χ4n) is 1.47. The average Bonchev–Trinajstić information content (AvgIpc) is 2.68. The van der Waals surface area contributed by atoms with Crippen LogP contribution in [0, 0.1) is 0 Å². The lowest BCUT2D eigenvalue weighted by atomic mass is 10.3. The maximum atomic E-state index is 5.52. The number of ether oxygens (including phenoxy) is 2. The zero-order valence-electron chi connectivity index (χ0n) is 8.25. The van der Waals surface area contributed by atoms with Gasteiger partial charge in [0.15, 0.2) is 0 Å². The van der Waals surface area contributed by atoms with Crippen LogP contribution in [0.5, 0.6) is 0 Å². The summed E-state index contributed by atoms with van der Waals surface area (Å²) in [6.07, 6.45) is 1.79. The highest BCUT2D eigenvalue weighted by Crippen LogP contribution is 2.17. The van der Waals surface area contributed by atoms with Crippen LogP contribution in [0.3, 0.4) is 0 Å². The normalized spacial score (nSPS) is 22.5. The van der Waals surface area contributed by atoms with E-state index in [9.17, 15) is 0 Å². The van der Waals surface area contributed by atoms with Crippen molar-refractivity contribution in [2.45, 2.75) is 12.6 Å². The molecule has 5 heteroatoms. The van der Waals surface area contributed by atoms with Gasteiger partial charge in [-0.25, -0.2) is 4.98 Å². The molecule has 2 rings (SSSR count). The fraction of sp³-hybridized carbons (Fsp3) is 0.667. The van der Waals surface area contributed by atoms with Crippen LogP contribution in [0.2, 0.25) is 0 Å². The van der Waals surface area contributed by atoms with Crippen LogP contribution in [0.15, 0.2) is 6.20 Å². The first kappa shape index (κ1) is 9.64. The monoisotopic (exact) mass is 197 g/mol. The average molecular weight is 197 g/mol. The van der Waals surface area contributed by atoms with Crippen molar-refractivity contribution in [3.63, 3.8) is 0 Å². The number of aromatic nitrogens is 2. The molecule has 1 aromatic rings. The van der Waals surface area contributed by atoms with Crippen molar-refractivity contribution in [1.29, 1.82) is 0 Å². The quantitative estimate of drug-likeness (QED) is 0.727. The van der Waals surface area contributed by atoms with E-state index >= 15 is 0 Å². The van der Waals surface area contributed by atoms with E-state index in [4.69, 9.17) is 9.47 Å². The van der Waals surface area contributed by atoms with Crippen LogP contribution in [-0.2, 0) is 16.0 Å². The lowest BCUT2D eigenvalue weighted by Crippen LogP contribution is -2.22. The zero-order valence-corrected chi connectivity index (χ0v) is 8.25. The molecule has 0 amide bonds. The van der Waals surface area contributed by atoms with E-state index in [-0.39, 0.29) is 6.10 Å². The summed E-state index contributed by atoms with van der Waals surface area (Å²) in [4.78, 5) is 7.46. The van der Waals surface area contributed by atoms with Crippen molar-refractivity contribution in [3.05, 3.63) is 17.7 Å². The molecule has 78 valence electrons. The Labute approximate surface area is 82.8 Å². The molecular formula is C9H15N3O2. The predicted molar refractivity (Wildman–Crippen MR) is 50.9 cm³/mol. The van der Waals surface area contributed by atoms with Crippen molar-refractivity contribution < 1.29 is 9.47 Å². The molecule has 0 aliphatic carbocycles. The SMILES string of the molecule is CNCc1cnc(C2COCCO2)[nH]1. The molecular weight excluding hydrogens is 182 g/mol. The van der Waals surface area contributed by atoms with Crippen molar-refractivity contribution >= 4 is 0 Å². The maximum absolute atomic E-state index is 5.52. The number of hydrogen-bond donors (Lipinski definition) is 2. The lowest BCUT2D eigenvalue weighted by molar-refractivity contribution is -0.0932. The summed E-state index contributed by atoms with van der Waals surface area (Å²) in [6.45, 7) is 2.71. The van der Waals surface area contributed by atoms with E-state index in [1.54, 1.807) is 0 Å². The minimum atomic E-state index is -0.0330. The molecule has 1 saturated heterocycles. The van der Waals surface area contributed by atoms with Gasteiger partial charge in [-0.2, -0.15) is 0 Å². The summed E-state index contributed by atoms with van der Waals surface area (Å²) in [5.41, 5.74) is 1.07. The Kier molecular flexibility index (Phi) is 3.13. The lowest BCUT2D eigenvalue weighted by Gasteiger charge is -2.20. The van der Waals surface area contributed by atoms with E-state index in [1.807, 2.05) is 13.2 Å². The fourth-order valence-corrected chi connectivity index (χ4v) is 1.47. The molecule has 1 aromatic heterocycles. The topological polar surface area (TPSA) is 59.2 Å². The highest BCUT2D eigenvalue weighted by Gasteiger charge is 2.19. The van der Waals surface area contributed by atoms with Crippen LogP contribution in [0.4, 0.5) is 0 Å². The van der Waals surface area contributed by atoms with Gasteiger partial charge in [-0.3, -0.25) is 0 Å². The number of imidazole rings is 1. The van der Waals surface area contributed by atoms with Crippen LogP contribution in [-0.4, -0.2) is 36.8 Å². The molecule has 0 spiro atoms. The van der Waals surface area contributed by atoms with Gasteiger partial charge in [0.1, 0.15) is 11.9 Å². The third kappa shape index (κ3) is 2.12. The van der Waals surface area contributed by atoms with Gasteiger partial charge in [-0.05, 0) is 7.05 Å². The number of aromatic amines is 1. The molecule has 1 aliphatic rings. The minimum Gasteiger partial charge on any atom is -0.376 e. The summed E-state index contributed by atoms with van der Waals surface area (Å²) >= 11 is 0. The molecule has 1 atom stereocenters. The van der Waals surface area contributed by atoms with E-state index in [0.717, 1.165) is 18.1 Å². The standard InChI is InChI=1S/C9H15N3O2/c1-10-4-7-5-11-9(12-7)8-6-13-2-3-14-8/h5,8,10H,2-4,6H2,1H3,(H,11,12). The van der Waals surface area contributed by atoms with Gasteiger partial charge in [0, 0.05) is 18.4 Å². The minimum absolute atomic E-state index is 0.0330. The van der Waals surface area contributed by atoms with Crippen LogP contribution < -0.4 is 5.32 Å². The summed E-state index contributed by atoms with van der Waals surface area (Å²) in [5.74, 6) is 0.856. The highest BCUT2D eigenvalue weighted by molar-refractivity contribution is 5.03. The second-order valence-electron chi connectivity index (χ2n) is 3.26. The number of rotatable bonds is 3. The second kappa shape index (κ2) is 4.54. The zero-order chi connectivity index (χ0) is 9.80. The number of nitrogens with zero attached hydrogens (tertiary/aromatic N) is 1. The molecule has 0 bridgehead atoms. The third-order valence-corrected chi connectivity index (χ3v) is 2.14. The summed E-state index contributed by atoms with van der Waals surface area (Å²) in [7, 11) is 1.90. The maximum Gasteiger partial charge on any atom is 0.138 e.